The first-order valence-electron chi connectivity index (χ1n) is 12.8. The van der Waals surface area contributed by atoms with E-state index in [0.717, 1.165) is 5.56 Å². The normalized spacial score (nSPS) is 18.6. The Morgan fingerprint density at radius 3 is 2.39 bits per heavy atom. The van der Waals surface area contributed by atoms with E-state index in [1.807, 2.05) is 0 Å². The van der Waals surface area contributed by atoms with Crippen LogP contribution >= 0.6 is 11.6 Å². The highest BCUT2D eigenvalue weighted by atomic mass is 35.5. The maximum atomic E-state index is 14.0. The minimum Gasteiger partial charge on any atom is -0.497 e. The number of methoxy groups -OCH3 is 1. The quantitative estimate of drug-likeness (QED) is 0.305. The Hall–Kier alpha value is -4.12. The highest BCUT2D eigenvalue weighted by molar-refractivity contribution is 6.30. The first-order valence-corrected chi connectivity index (χ1v) is 13.2. The summed E-state index contributed by atoms with van der Waals surface area (Å²) < 4.78 is 54.1. The number of ether oxygens (including phenoxy) is 3. The average molecular weight is 591 g/mol. The van der Waals surface area contributed by atoms with Crippen LogP contribution in [0.15, 0.2) is 60.7 Å². The van der Waals surface area contributed by atoms with E-state index in [4.69, 9.17) is 26.2 Å². The largest absolute Gasteiger partial charge is 0.573 e. The molecule has 0 aromatic heterocycles. The maximum absolute atomic E-state index is 14.0. The Morgan fingerprint density at radius 1 is 1.02 bits per heavy atom. The second-order valence-electron chi connectivity index (χ2n) is 9.85. The van der Waals surface area contributed by atoms with Crippen molar-refractivity contribution in [2.45, 2.75) is 37.8 Å². The molecule has 1 aliphatic carbocycles. The van der Waals surface area contributed by atoms with Crippen LogP contribution < -0.4 is 24.4 Å². The van der Waals surface area contributed by atoms with Crippen LogP contribution in [0.5, 0.6) is 17.2 Å². The Kier molecular flexibility index (Phi) is 7.90. The maximum Gasteiger partial charge on any atom is 0.573 e. The van der Waals surface area contributed by atoms with Crippen molar-refractivity contribution in [1.82, 2.24) is 0 Å². The van der Waals surface area contributed by atoms with Gasteiger partial charge in [-0.3, -0.25) is 9.59 Å². The first kappa shape index (κ1) is 28.4. The van der Waals surface area contributed by atoms with Crippen LogP contribution in [0.25, 0.3) is 0 Å². The van der Waals surface area contributed by atoms with E-state index in [2.05, 4.69) is 10.1 Å². The third-order valence-corrected chi connectivity index (χ3v) is 7.33. The molecular weight excluding hydrogens is 565 g/mol. The van der Waals surface area contributed by atoms with Gasteiger partial charge in [-0.05, 0) is 48.6 Å². The Labute approximate surface area is 238 Å². The molecule has 0 saturated heterocycles. The van der Waals surface area contributed by atoms with Crippen LogP contribution in [0.4, 0.5) is 24.5 Å². The molecule has 8 nitrogen and oxygen atoms in total. The van der Waals surface area contributed by atoms with Gasteiger partial charge in [-0.1, -0.05) is 29.8 Å². The van der Waals surface area contributed by atoms with E-state index in [0.29, 0.717) is 52.7 Å². The summed E-state index contributed by atoms with van der Waals surface area (Å²) in [5.41, 5.74) is 2.12. The number of carboxylic acids is 1. The number of hydrogen-bond donors (Lipinski definition) is 2. The standard InChI is InChI=1S/C29H26ClF3N2O6/c1-39-22-12-20(13-24(14-22)40-23-10-18(11-23)28(37)38)34-26(17-2-5-19(30)6-3-17)27(36)35-9-8-16-4-7-21(15-25(16)35)41-29(31,32)33/h2-7,12-15,18,23,26,34H,8-11H2,1H3,(H,37,38)/t18-,23+,26?. The summed E-state index contributed by atoms with van der Waals surface area (Å²) in [7, 11) is 1.48. The topological polar surface area (TPSA) is 97.3 Å². The summed E-state index contributed by atoms with van der Waals surface area (Å²) in [6.07, 6.45) is -3.89. The molecule has 5 rings (SSSR count). The second kappa shape index (κ2) is 11.4. The fourth-order valence-electron chi connectivity index (χ4n) is 4.95. The monoisotopic (exact) mass is 590 g/mol. The lowest BCUT2D eigenvalue weighted by atomic mass is 9.82. The molecule has 2 aliphatic rings. The molecule has 1 atom stereocenters. The Bertz CT molecular complexity index is 1440. The molecule has 1 saturated carbocycles. The minimum absolute atomic E-state index is 0.265. The van der Waals surface area contributed by atoms with Gasteiger partial charge in [0.25, 0.3) is 5.91 Å². The van der Waals surface area contributed by atoms with Crippen molar-refractivity contribution in [2.75, 3.05) is 23.9 Å². The van der Waals surface area contributed by atoms with E-state index in [9.17, 15) is 22.8 Å². The fraction of sp³-hybridized carbons (Fsp3) is 0.310. The molecule has 2 N–H and O–H groups in total. The summed E-state index contributed by atoms with van der Waals surface area (Å²) in [6, 6.07) is 14.7. The lowest BCUT2D eigenvalue weighted by molar-refractivity contribution is -0.274. The van der Waals surface area contributed by atoms with Crippen molar-refractivity contribution < 1.29 is 42.1 Å². The summed E-state index contributed by atoms with van der Waals surface area (Å²) in [5, 5.41) is 12.8. The molecule has 0 spiro atoms. The smallest absolute Gasteiger partial charge is 0.497 e. The van der Waals surface area contributed by atoms with E-state index in [1.54, 1.807) is 42.5 Å². The molecule has 1 unspecified atom stereocenters. The van der Waals surface area contributed by atoms with Crippen LogP contribution in [0.1, 0.15) is 30.0 Å². The van der Waals surface area contributed by atoms with E-state index < -0.39 is 35.9 Å². The number of amides is 1. The molecular formula is C29H26ClF3N2O6. The zero-order valence-corrected chi connectivity index (χ0v) is 22.5. The average Bonchev–Trinajstić information content (AvgIpc) is 3.31. The fourth-order valence-corrected chi connectivity index (χ4v) is 5.07. The van der Waals surface area contributed by atoms with E-state index >= 15 is 0 Å². The zero-order valence-electron chi connectivity index (χ0n) is 21.8. The van der Waals surface area contributed by atoms with Crippen molar-refractivity contribution in [3.63, 3.8) is 0 Å². The van der Waals surface area contributed by atoms with Gasteiger partial charge in [0.05, 0.1) is 18.7 Å². The summed E-state index contributed by atoms with van der Waals surface area (Å²) in [5.74, 6) is -1.24. The van der Waals surface area contributed by atoms with Gasteiger partial charge in [0, 0.05) is 41.5 Å². The number of carbonyl (C=O) groups excluding carboxylic acids is 1. The molecule has 3 aromatic rings. The number of nitrogens with one attached hydrogen (secondary N) is 1. The molecule has 1 fully saturated rings. The number of fused-ring (bicyclic) bond motifs is 1. The molecule has 0 bridgehead atoms. The van der Waals surface area contributed by atoms with Gasteiger partial charge >= 0.3 is 12.3 Å². The number of carboxylic acid groups (broad SMARTS) is 1. The molecule has 1 heterocycles. The third kappa shape index (κ3) is 6.62. The number of nitrogens with zero attached hydrogens (tertiary/aromatic N) is 1. The van der Waals surface area contributed by atoms with Gasteiger partial charge in [0.2, 0.25) is 0 Å². The number of anilines is 2. The van der Waals surface area contributed by atoms with Gasteiger partial charge in [-0.25, -0.2) is 0 Å². The summed E-state index contributed by atoms with van der Waals surface area (Å²) in [4.78, 5) is 26.6. The van der Waals surface area contributed by atoms with Crippen molar-refractivity contribution in [1.29, 1.82) is 0 Å². The minimum atomic E-state index is -4.87. The van der Waals surface area contributed by atoms with E-state index in [1.165, 1.54) is 30.2 Å². The molecule has 216 valence electrons. The Balaban J connectivity index is 1.43. The SMILES string of the molecule is COc1cc(NC(C(=O)N2CCc3ccc(OC(F)(F)F)cc32)c2ccc(Cl)cc2)cc(O[C@H]2C[C@@H](C(=O)O)C2)c1. The molecule has 1 amide bonds. The van der Waals surface area contributed by atoms with Gasteiger partial charge in [0.15, 0.2) is 0 Å². The first-order chi connectivity index (χ1) is 19.5. The Morgan fingerprint density at radius 2 is 1.73 bits per heavy atom. The molecule has 1 aliphatic heterocycles. The number of alkyl halides is 3. The lowest BCUT2D eigenvalue weighted by Gasteiger charge is -2.32. The third-order valence-electron chi connectivity index (χ3n) is 7.08. The molecule has 3 aromatic carbocycles. The second-order valence-corrected chi connectivity index (χ2v) is 10.3. The predicted octanol–water partition coefficient (Wildman–Crippen LogP) is 6.23. The number of rotatable bonds is 9. The van der Waals surface area contributed by atoms with Gasteiger partial charge < -0.3 is 29.5 Å². The summed E-state index contributed by atoms with van der Waals surface area (Å²) in [6.45, 7) is 0.272. The van der Waals surface area contributed by atoms with Crippen LogP contribution in [-0.2, 0) is 16.0 Å². The lowest BCUT2D eigenvalue weighted by Crippen LogP contribution is -2.38. The number of hydrogen-bond acceptors (Lipinski definition) is 6. The number of aliphatic carboxylic acids is 1. The van der Waals surface area contributed by atoms with Gasteiger partial charge in [-0.15, -0.1) is 13.2 Å². The highest BCUT2D eigenvalue weighted by Gasteiger charge is 2.37. The number of halogens is 4. The van der Waals surface area contributed by atoms with Gasteiger partial charge in [-0.2, -0.15) is 0 Å². The van der Waals surface area contributed by atoms with Crippen molar-refractivity contribution in [3.05, 3.63) is 76.8 Å². The summed E-state index contributed by atoms with van der Waals surface area (Å²) >= 11 is 6.09. The van der Waals surface area contributed by atoms with Crippen molar-refractivity contribution >= 4 is 34.9 Å². The van der Waals surface area contributed by atoms with Crippen molar-refractivity contribution in [3.8, 4) is 17.2 Å². The van der Waals surface area contributed by atoms with Crippen LogP contribution in [0.2, 0.25) is 5.02 Å². The van der Waals surface area contributed by atoms with Crippen molar-refractivity contribution in [2.24, 2.45) is 5.92 Å². The molecule has 12 heteroatoms. The predicted molar refractivity (Wildman–Crippen MR) is 145 cm³/mol. The van der Waals surface area contributed by atoms with E-state index in [-0.39, 0.29) is 12.6 Å². The molecule has 41 heavy (non-hydrogen) atoms. The van der Waals surface area contributed by atoms with Crippen LogP contribution in [0.3, 0.4) is 0 Å². The van der Waals surface area contributed by atoms with Crippen LogP contribution in [-0.4, -0.2) is 43.1 Å². The number of carbonyl (C=O) groups is 2. The molecule has 0 radical (unpaired) electrons. The van der Waals surface area contributed by atoms with Gasteiger partial charge in [0.1, 0.15) is 29.4 Å². The van der Waals surface area contributed by atoms with Crippen LogP contribution in [0, 0.1) is 5.92 Å². The number of benzene rings is 3. The highest BCUT2D eigenvalue weighted by Crippen LogP contribution is 2.38. The zero-order chi connectivity index (χ0) is 29.3.